The Hall–Kier alpha value is -2.40. The van der Waals surface area contributed by atoms with Gasteiger partial charge >= 0.3 is 0 Å². The van der Waals surface area contributed by atoms with Crippen LogP contribution in [0.25, 0.3) is 0 Å². The third-order valence-electron chi connectivity index (χ3n) is 6.65. The van der Waals surface area contributed by atoms with Gasteiger partial charge in [0, 0.05) is 25.2 Å². The summed E-state index contributed by atoms with van der Waals surface area (Å²) >= 11 is 0. The molecule has 2 heterocycles. The minimum atomic E-state index is -3.69. The average molecular weight is 495 g/mol. The zero-order chi connectivity index (χ0) is 24.5. The Balaban J connectivity index is 1.60. The molecule has 2 saturated heterocycles. The molecular weight excluding hydrogens is 466 g/mol. The minimum absolute atomic E-state index is 0.0174. The second kappa shape index (κ2) is 9.69. The van der Waals surface area contributed by atoms with Gasteiger partial charge in [0.05, 0.1) is 23.7 Å². The molecule has 0 aromatic heterocycles. The van der Waals surface area contributed by atoms with Gasteiger partial charge in [0.25, 0.3) is 0 Å². The molecule has 2 aliphatic rings. The first-order chi connectivity index (χ1) is 16.2. The van der Waals surface area contributed by atoms with E-state index >= 15 is 8.78 Å². The lowest BCUT2D eigenvalue weighted by atomic mass is 9.89. The molecule has 34 heavy (non-hydrogen) atoms. The van der Waals surface area contributed by atoms with Crippen molar-refractivity contribution in [1.82, 2.24) is 10.6 Å². The summed E-state index contributed by atoms with van der Waals surface area (Å²) in [5.41, 5.74) is -0.683. The van der Waals surface area contributed by atoms with E-state index in [-0.39, 0.29) is 43.9 Å². The molecule has 184 valence electrons. The third kappa shape index (κ3) is 4.59. The van der Waals surface area contributed by atoms with Crippen LogP contribution in [-0.2, 0) is 36.1 Å². The van der Waals surface area contributed by atoms with Crippen molar-refractivity contribution in [1.29, 1.82) is 0 Å². The Labute approximate surface area is 197 Å². The lowest BCUT2D eigenvalue weighted by Crippen LogP contribution is -2.53. The van der Waals surface area contributed by atoms with Crippen LogP contribution in [0.5, 0.6) is 0 Å². The Morgan fingerprint density at radius 2 is 1.91 bits per heavy atom. The van der Waals surface area contributed by atoms with Crippen LogP contribution < -0.4 is 10.6 Å². The van der Waals surface area contributed by atoms with Crippen LogP contribution in [0.2, 0.25) is 0 Å². The topological polar surface area (TPSA) is 93.7 Å². The largest absolute Gasteiger partial charge is 0.375 e. The zero-order valence-electron chi connectivity index (χ0n) is 19.0. The van der Waals surface area contributed by atoms with E-state index in [1.54, 1.807) is 31.2 Å². The molecule has 10 heteroatoms. The summed E-state index contributed by atoms with van der Waals surface area (Å²) in [6, 6.07) is 10.5. The lowest BCUT2D eigenvalue weighted by Gasteiger charge is -2.41. The summed E-state index contributed by atoms with van der Waals surface area (Å²) in [6.07, 6.45) is -0.175. The molecule has 1 unspecified atom stereocenters. The van der Waals surface area contributed by atoms with E-state index in [1.165, 1.54) is 7.05 Å². The van der Waals surface area contributed by atoms with Gasteiger partial charge in [-0.2, -0.15) is 0 Å². The second-order valence-electron chi connectivity index (χ2n) is 8.80. The van der Waals surface area contributed by atoms with E-state index in [0.717, 1.165) is 12.1 Å². The SMILES string of the molecule is CNC(=O)COC1(c2cc(F)c(CC3[C@H](C)NC[C@@H](c4ccccc4)S3(=O)=O)cc2F)COC1. The van der Waals surface area contributed by atoms with Gasteiger partial charge < -0.3 is 20.1 Å². The smallest absolute Gasteiger partial charge is 0.245 e. The molecule has 0 aliphatic carbocycles. The first-order valence-electron chi connectivity index (χ1n) is 11.1. The molecule has 2 aromatic rings. The van der Waals surface area contributed by atoms with Crippen molar-refractivity contribution in [2.75, 3.05) is 33.4 Å². The van der Waals surface area contributed by atoms with Gasteiger partial charge in [-0.25, -0.2) is 17.2 Å². The van der Waals surface area contributed by atoms with Crippen LogP contribution in [0.3, 0.4) is 0 Å². The second-order valence-corrected chi connectivity index (χ2v) is 11.2. The number of sulfone groups is 1. The minimum Gasteiger partial charge on any atom is -0.375 e. The van der Waals surface area contributed by atoms with Crippen molar-refractivity contribution in [2.45, 2.75) is 35.5 Å². The maximum absolute atomic E-state index is 15.2. The van der Waals surface area contributed by atoms with Gasteiger partial charge in [0.15, 0.2) is 9.84 Å². The fourth-order valence-corrected chi connectivity index (χ4v) is 6.86. The highest BCUT2D eigenvalue weighted by Crippen LogP contribution is 2.38. The molecule has 2 aliphatic heterocycles. The van der Waals surface area contributed by atoms with Crippen molar-refractivity contribution in [2.24, 2.45) is 0 Å². The molecule has 2 N–H and O–H groups in total. The Morgan fingerprint density at radius 3 is 2.53 bits per heavy atom. The van der Waals surface area contributed by atoms with Crippen LogP contribution in [0.4, 0.5) is 8.78 Å². The highest BCUT2D eigenvalue weighted by Gasteiger charge is 2.46. The molecule has 7 nitrogen and oxygen atoms in total. The number of nitrogens with one attached hydrogen (secondary N) is 2. The Morgan fingerprint density at radius 1 is 1.21 bits per heavy atom. The predicted octanol–water partition coefficient (Wildman–Crippen LogP) is 2.01. The number of carbonyl (C=O) groups is 1. The number of hydrogen-bond acceptors (Lipinski definition) is 6. The molecule has 3 atom stereocenters. The summed E-state index contributed by atoms with van der Waals surface area (Å²) < 4.78 is 68.0. The molecule has 0 spiro atoms. The fraction of sp³-hybridized carbons (Fsp3) is 0.458. The number of benzene rings is 2. The molecule has 2 aromatic carbocycles. The number of carbonyl (C=O) groups excluding carboxylic acids is 1. The number of hydrogen-bond donors (Lipinski definition) is 2. The Kier molecular flexibility index (Phi) is 7.04. The van der Waals surface area contributed by atoms with Crippen molar-refractivity contribution in [3.05, 3.63) is 70.8 Å². The van der Waals surface area contributed by atoms with Gasteiger partial charge in [0.1, 0.15) is 23.8 Å². The van der Waals surface area contributed by atoms with Gasteiger partial charge in [-0.1, -0.05) is 30.3 Å². The van der Waals surface area contributed by atoms with E-state index in [4.69, 9.17) is 9.47 Å². The van der Waals surface area contributed by atoms with E-state index in [0.29, 0.717) is 5.56 Å². The van der Waals surface area contributed by atoms with Gasteiger partial charge in [-0.3, -0.25) is 4.79 Å². The molecule has 2 fully saturated rings. The van der Waals surface area contributed by atoms with Crippen LogP contribution in [0.1, 0.15) is 28.9 Å². The monoisotopic (exact) mass is 494 g/mol. The maximum Gasteiger partial charge on any atom is 0.245 e. The quantitative estimate of drug-likeness (QED) is 0.612. The highest BCUT2D eigenvalue weighted by atomic mass is 32.2. The first kappa shape index (κ1) is 24.7. The molecule has 4 rings (SSSR count). The summed E-state index contributed by atoms with van der Waals surface area (Å²) in [4.78, 5) is 11.6. The molecular formula is C24H28F2N2O5S. The lowest BCUT2D eigenvalue weighted by molar-refractivity contribution is -0.217. The summed E-state index contributed by atoms with van der Waals surface area (Å²) in [6.45, 7) is 1.63. The molecule has 0 bridgehead atoms. The number of rotatable bonds is 7. The highest BCUT2D eigenvalue weighted by molar-refractivity contribution is 7.92. The van der Waals surface area contributed by atoms with E-state index < -0.39 is 49.5 Å². The van der Waals surface area contributed by atoms with E-state index in [1.807, 2.05) is 6.07 Å². The predicted molar refractivity (Wildman–Crippen MR) is 122 cm³/mol. The van der Waals surface area contributed by atoms with Crippen LogP contribution in [0, 0.1) is 11.6 Å². The fourth-order valence-electron chi connectivity index (χ4n) is 4.49. The van der Waals surface area contributed by atoms with Crippen LogP contribution in [0.15, 0.2) is 42.5 Å². The standard InChI is InChI=1S/C24H28F2N2O5S/c1-15-21(34(30,31)22(11-28-15)16-6-4-3-5-7-16)9-17-8-20(26)18(10-19(17)25)24(13-32-14-24)33-12-23(29)27-2/h3-8,10,15,21-22,28H,9,11-14H2,1-2H3,(H,27,29)/t15-,21?,22-/m0/s1. The van der Waals surface area contributed by atoms with E-state index in [9.17, 15) is 13.2 Å². The van der Waals surface area contributed by atoms with Gasteiger partial charge in [-0.05, 0) is 36.6 Å². The zero-order valence-corrected chi connectivity index (χ0v) is 19.8. The molecule has 0 radical (unpaired) electrons. The summed E-state index contributed by atoms with van der Waals surface area (Å²) in [5, 5.41) is 3.92. The van der Waals surface area contributed by atoms with Crippen LogP contribution >= 0.6 is 0 Å². The third-order valence-corrected chi connectivity index (χ3v) is 9.30. The van der Waals surface area contributed by atoms with E-state index in [2.05, 4.69) is 10.6 Å². The molecule has 0 saturated carbocycles. The normalized spacial score (nSPS) is 25.4. The maximum atomic E-state index is 15.2. The number of likely N-dealkylation sites (N-methyl/N-ethyl adjacent to an activating group) is 1. The Bertz CT molecular complexity index is 1160. The van der Waals surface area contributed by atoms with Crippen molar-refractivity contribution >= 4 is 15.7 Å². The summed E-state index contributed by atoms with van der Waals surface area (Å²) in [7, 11) is -2.24. The van der Waals surface area contributed by atoms with Crippen LogP contribution in [-0.4, -0.2) is 59.0 Å². The number of amides is 1. The molecule has 1 amide bonds. The number of halogens is 2. The first-order valence-corrected chi connectivity index (χ1v) is 12.7. The van der Waals surface area contributed by atoms with Crippen molar-refractivity contribution < 1.29 is 31.5 Å². The van der Waals surface area contributed by atoms with Crippen molar-refractivity contribution in [3.8, 4) is 0 Å². The van der Waals surface area contributed by atoms with Gasteiger partial charge in [-0.15, -0.1) is 0 Å². The summed E-state index contributed by atoms with van der Waals surface area (Å²) in [5.74, 6) is -1.86. The van der Waals surface area contributed by atoms with Crippen molar-refractivity contribution in [3.63, 3.8) is 0 Å². The average Bonchev–Trinajstić information content (AvgIpc) is 2.78. The number of ether oxygens (including phenoxy) is 2. The van der Waals surface area contributed by atoms with Gasteiger partial charge in [0.2, 0.25) is 5.91 Å².